The summed E-state index contributed by atoms with van der Waals surface area (Å²) in [6, 6.07) is 6.71. The second-order valence-electron chi connectivity index (χ2n) is 4.82. The number of nitrogens with zero attached hydrogens (tertiary/aromatic N) is 2. The first-order valence-electron chi connectivity index (χ1n) is 7.35. The summed E-state index contributed by atoms with van der Waals surface area (Å²) in [5.41, 5.74) is 1.68. The Bertz CT molecular complexity index is 624. The number of aliphatic imine (C=N–C) groups is 1. The summed E-state index contributed by atoms with van der Waals surface area (Å²) in [7, 11) is 0. The molecule has 6 heteroatoms. The van der Waals surface area contributed by atoms with Crippen LogP contribution in [0.25, 0.3) is 0 Å². The molecule has 0 aliphatic heterocycles. The zero-order valence-electron chi connectivity index (χ0n) is 12.9. The van der Waals surface area contributed by atoms with Crippen LogP contribution in [0.3, 0.4) is 0 Å². The van der Waals surface area contributed by atoms with E-state index in [1.807, 2.05) is 19.9 Å². The molecule has 2 rings (SSSR count). The third-order valence-electron chi connectivity index (χ3n) is 3.05. The second kappa shape index (κ2) is 8.48. The van der Waals surface area contributed by atoms with Crippen molar-refractivity contribution < 1.29 is 4.39 Å². The SMILES string of the molecule is CCNC(=NCc1ccccc1F)NCCc1csc(C)n1. The molecule has 0 saturated carbocycles. The number of guanidine groups is 1. The van der Waals surface area contributed by atoms with Gasteiger partial charge in [0.15, 0.2) is 5.96 Å². The van der Waals surface area contributed by atoms with Gasteiger partial charge in [0, 0.05) is 30.5 Å². The van der Waals surface area contributed by atoms with Gasteiger partial charge in [-0.25, -0.2) is 14.4 Å². The number of benzene rings is 1. The van der Waals surface area contributed by atoms with Crippen LogP contribution in [0.5, 0.6) is 0 Å². The van der Waals surface area contributed by atoms with E-state index in [1.165, 1.54) is 6.07 Å². The molecular weight excluding hydrogens is 299 g/mol. The van der Waals surface area contributed by atoms with Gasteiger partial charge in [-0.1, -0.05) is 18.2 Å². The lowest BCUT2D eigenvalue weighted by Gasteiger charge is -2.10. The minimum Gasteiger partial charge on any atom is -0.357 e. The monoisotopic (exact) mass is 320 g/mol. The highest BCUT2D eigenvalue weighted by atomic mass is 32.1. The standard InChI is InChI=1S/C16H21FN4S/c1-3-18-16(19-9-8-14-11-22-12(2)21-14)20-10-13-6-4-5-7-15(13)17/h4-7,11H,3,8-10H2,1-2H3,(H2,18,19,20). The smallest absolute Gasteiger partial charge is 0.191 e. The van der Waals surface area contributed by atoms with Crippen LogP contribution in [0.1, 0.15) is 23.2 Å². The number of aromatic nitrogens is 1. The minimum atomic E-state index is -0.222. The topological polar surface area (TPSA) is 49.3 Å². The third-order valence-corrected chi connectivity index (χ3v) is 3.87. The maximum atomic E-state index is 13.6. The van der Waals surface area contributed by atoms with E-state index in [-0.39, 0.29) is 5.82 Å². The Hall–Kier alpha value is -1.95. The maximum absolute atomic E-state index is 13.6. The van der Waals surface area contributed by atoms with Crippen LogP contribution in [0.2, 0.25) is 0 Å². The van der Waals surface area contributed by atoms with Crippen LogP contribution in [-0.2, 0) is 13.0 Å². The van der Waals surface area contributed by atoms with E-state index in [2.05, 4.69) is 26.0 Å². The molecule has 1 aromatic carbocycles. The molecule has 0 fully saturated rings. The van der Waals surface area contributed by atoms with Gasteiger partial charge in [-0.2, -0.15) is 0 Å². The molecule has 0 radical (unpaired) electrons. The van der Waals surface area contributed by atoms with E-state index in [0.29, 0.717) is 18.1 Å². The minimum absolute atomic E-state index is 0.222. The van der Waals surface area contributed by atoms with Crippen molar-refractivity contribution in [2.45, 2.75) is 26.8 Å². The van der Waals surface area contributed by atoms with Crippen molar-refractivity contribution in [2.24, 2.45) is 4.99 Å². The molecule has 22 heavy (non-hydrogen) atoms. The van der Waals surface area contributed by atoms with Gasteiger partial charge >= 0.3 is 0 Å². The Kier molecular flexibility index (Phi) is 6.33. The van der Waals surface area contributed by atoms with E-state index in [1.54, 1.807) is 23.5 Å². The van der Waals surface area contributed by atoms with Crippen molar-refractivity contribution in [1.82, 2.24) is 15.6 Å². The molecule has 2 aromatic rings. The quantitative estimate of drug-likeness (QED) is 0.635. The molecule has 1 aromatic heterocycles. The molecule has 0 aliphatic rings. The van der Waals surface area contributed by atoms with Crippen molar-refractivity contribution in [1.29, 1.82) is 0 Å². The fraction of sp³-hybridized carbons (Fsp3) is 0.375. The summed E-state index contributed by atoms with van der Waals surface area (Å²) in [5, 5.41) is 9.56. The van der Waals surface area contributed by atoms with Gasteiger partial charge in [-0.05, 0) is 19.9 Å². The summed E-state index contributed by atoms with van der Waals surface area (Å²) in [4.78, 5) is 8.84. The lowest BCUT2D eigenvalue weighted by atomic mass is 10.2. The molecule has 0 bridgehead atoms. The molecule has 2 N–H and O–H groups in total. The van der Waals surface area contributed by atoms with Crippen molar-refractivity contribution in [2.75, 3.05) is 13.1 Å². The van der Waals surface area contributed by atoms with Gasteiger partial charge in [-0.3, -0.25) is 0 Å². The van der Waals surface area contributed by atoms with Gasteiger partial charge in [0.25, 0.3) is 0 Å². The van der Waals surface area contributed by atoms with E-state index in [4.69, 9.17) is 0 Å². The number of thiazole rings is 1. The molecule has 0 unspecified atom stereocenters. The molecule has 0 saturated heterocycles. The van der Waals surface area contributed by atoms with Crippen molar-refractivity contribution in [3.8, 4) is 0 Å². The Morgan fingerprint density at radius 3 is 2.82 bits per heavy atom. The first kappa shape index (κ1) is 16.4. The lowest BCUT2D eigenvalue weighted by molar-refractivity contribution is 0.610. The van der Waals surface area contributed by atoms with Crippen LogP contribution in [0.15, 0.2) is 34.6 Å². The van der Waals surface area contributed by atoms with Gasteiger partial charge < -0.3 is 10.6 Å². The first-order valence-corrected chi connectivity index (χ1v) is 8.23. The highest BCUT2D eigenvalue weighted by molar-refractivity contribution is 7.09. The van der Waals surface area contributed by atoms with Crippen LogP contribution < -0.4 is 10.6 Å². The lowest BCUT2D eigenvalue weighted by Crippen LogP contribution is -2.38. The van der Waals surface area contributed by atoms with Crippen LogP contribution in [0, 0.1) is 12.7 Å². The third kappa shape index (κ3) is 5.11. The number of nitrogens with one attached hydrogen (secondary N) is 2. The van der Waals surface area contributed by atoms with E-state index >= 15 is 0 Å². The van der Waals surface area contributed by atoms with Gasteiger partial charge in [0.1, 0.15) is 5.82 Å². The summed E-state index contributed by atoms with van der Waals surface area (Å²) in [6.45, 7) is 5.83. The molecule has 4 nitrogen and oxygen atoms in total. The van der Waals surface area contributed by atoms with Crippen LogP contribution in [-0.4, -0.2) is 24.0 Å². The predicted molar refractivity (Wildman–Crippen MR) is 89.8 cm³/mol. The number of halogens is 1. The summed E-state index contributed by atoms with van der Waals surface area (Å²) in [5.74, 6) is 0.470. The highest BCUT2D eigenvalue weighted by Gasteiger charge is 2.02. The summed E-state index contributed by atoms with van der Waals surface area (Å²) >= 11 is 1.66. The summed E-state index contributed by atoms with van der Waals surface area (Å²) < 4.78 is 13.6. The molecule has 0 atom stereocenters. The van der Waals surface area contributed by atoms with Crippen molar-refractivity contribution in [3.05, 3.63) is 51.7 Å². The predicted octanol–water partition coefficient (Wildman–Crippen LogP) is 2.89. The second-order valence-corrected chi connectivity index (χ2v) is 5.88. The molecule has 0 amide bonds. The van der Waals surface area contributed by atoms with Crippen molar-refractivity contribution in [3.63, 3.8) is 0 Å². The Morgan fingerprint density at radius 2 is 2.14 bits per heavy atom. The summed E-state index contributed by atoms with van der Waals surface area (Å²) in [6.07, 6.45) is 0.842. The molecule has 118 valence electrons. The van der Waals surface area contributed by atoms with Gasteiger partial charge in [0.05, 0.1) is 17.2 Å². The molecular formula is C16H21FN4S. The van der Waals surface area contributed by atoms with E-state index < -0.39 is 0 Å². The van der Waals surface area contributed by atoms with E-state index in [0.717, 1.165) is 30.2 Å². The zero-order valence-corrected chi connectivity index (χ0v) is 13.7. The van der Waals surface area contributed by atoms with Crippen LogP contribution in [0.4, 0.5) is 4.39 Å². The molecule has 0 aliphatic carbocycles. The first-order chi connectivity index (χ1) is 10.7. The Morgan fingerprint density at radius 1 is 1.32 bits per heavy atom. The van der Waals surface area contributed by atoms with Crippen molar-refractivity contribution >= 4 is 17.3 Å². The Balaban J connectivity index is 1.88. The number of hydrogen-bond donors (Lipinski definition) is 2. The van der Waals surface area contributed by atoms with Gasteiger partial charge in [-0.15, -0.1) is 11.3 Å². The number of hydrogen-bond acceptors (Lipinski definition) is 3. The number of aryl methyl sites for hydroxylation is 1. The van der Waals surface area contributed by atoms with Crippen LogP contribution >= 0.6 is 11.3 Å². The normalized spacial score (nSPS) is 11.5. The van der Waals surface area contributed by atoms with E-state index in [9.17, 15) is 4.39 Å². The molecule has 0 spiro atoms. The maximum Gasteiger partial charge on any atom is 0.191 e. The largest absolute Gasteiger partial charge is 0.357 e. The highest BCUT2D eigenvalue weighted by Crippen LogP contribution is 2.08. The average molecular weight is 320 g/mol. The molecule has 1 heterocycles. The van der Waals surface area contributed by atoms with Gasteiger partial charge in [0.2, 0.25) is 0 Å². The number of rotatable bonds is 6. The zero-order chi connectivity index (χ0) is 15.8. The fourth-order valence-corrected chi connectivity index (χ4v) is 2.61. The average Bonchev–Trinajstić information content (AvgIpc) is 2.92. The Labute approximate surface area is 134 Å². The fourth-order valence-electron chi connectivity index (χ4n) is 1.96.